The standard InChI is InChI=1S/C16H16N4O/c1-10-3-8-14-15(9-10)20-16(19-14)18-13-6-4-12(5-7-13)17-11(2)21/h3-9H,1-2H3,(H,17,21)(H2,18,19,20). The van der Waals surface area contributed by atoms with Crippen molar-refractivity contribution in [1.29, 1.82) is 0 Å². The Morgan fingerprint density at radius 2 is 1.81 bits per heavy atom. The molecule has 0 fully saturated rings. The van der Waals surface area contributed by atoms with Gasteiger partial charge in [-0.05, 0) is 48.9 Å². The van der Waals surface area contributed by atoms with Crippen LogP contribution in [0.1, 0.15) is 12.5 Å². The Morgan fingerprint density at radius 1 is 1.10 bits per heavy atom. The van der Waals surface area contributed by atoms with Gasteiger partial charge in [-0.2, -0.15) is 0 Å². The molecule has 3 aromatic rings. The maximum atomic E-state index is 11.0. The van der Waals surface area contributed by atoms with Gasteiger partial charge in [0.25, 0.3) is 0 Å². The quantitative estimate of drug-likeness (QED) is 0.687. The third-order valence-corrected chi connectivity index (χ3v) is 3.11. The molecule has 3 N–H and O–H groups in total. The smallest absolute Gasteiger partial charge is 0.221 e. The van der Waals surface area contributed by atoms with Gasteiger partial charge < -0.3 is 15.6 Å². The highest BCUT2D eigenvalue weighted by molar-refractivity contribution is 5.88. The van der Waals surface area contributed by atoms with Gasteiger partial charge in [0, 0.05) is 18.3 Å². The zero-order valence-corrected chi connectivity index (χ0v) is 11.9. The molecule has 0 saturated carbocycles. The van der Waals surface area contributed by atoms with E-state index in [4.69, 9.17) is 0 Å². The Bertz CT molecular complexity index is 790. The summed E-state index contributed by atoms with van der Waals surface area (Å²) in [6.45, 7) is 3.54. The zero-order valence-electron chi connectivity index (χ0n) is 11.9. The molecule has 5 heteroatoms. The normalized spacial score (nSPS) is 10.6. The molecular formula is C16H16N4O. The van der Waals surface area contributed by atoms with Crippen molar-refractivity contribution in [3.63, 3.8) is 0 Å². The van der Waals surface area contributed by atoms with Crippen molar-refractivity contribution >= 4 is 34.3 Å². The van der Waals surface area contributed by atoms with Crippen molar-refractivity contribution in [3.8, 4) is 0 Å². The van der Waals surface area contributed by atoms with E-state index >= 15 is 0 Å². The van der Waals surface area contributed by atoms with Crippen molar-refractivity contribution in [2.24, 2.45) is 0 Å². The van der Waals surface area contributed by atoms with Crippen LogP contribution in [0.2, 0.25) is 0 Å². The van der Waals surface area contributed by atoms with E-state index in [1.165, 1.54) is 12.5 Å². The van der Waals surface area contributed by atoms with Gasteiger partial charge >= 0.3 is 0 Å². The topological polar surface area (TPSA) is 69.8 Å². The molecule has 2 aromatic carbocycles. The summed E-state index contributed by atoms with van der Waals surface area (Å²) in [4.78, 5) is 18.7. The number of H-pyrrole nitrogens is 1. The fraction of sp³-hybridized carbons (Fsp3) is 0.125. The first kappa shape index (κ1) is 13.2. The number of fused-ring (bicyclic) bond motifs is 1. The molecule has 0 atom stereocenters. The Balaban J connectivity index is 1.79. The van der Waals surface area contributed by atoms with E-state index in [2.05, 4.69) is 26.7 Å². The van der Waals surface area contributed by atoms with Gasteiger partial charge in [0.1, 0.15) is 0 Å². The number of aromatic nitrogens is 2. The summed E-state index contributed by atoms with van der Waals surface area (Å²) in [5.41, 5.74) is 4.80. The largest absolute Gasteiger partial charge is 0.326 e. The SMILES string of the molecule is CC(=O)Nc1ccc(Nc2nc3ccc(C)cc3[nH]2)cc1. The molecule has 106 valence electrons. The second-order valence-corrected chi connectivity index (χ2v) is 4.99. The summed E-state index contributed by atoms with van der Waals surface area (Å²) >= 11 is 0. The maximum Gasteiger partial charge on any atom is 0.221 e. The number of nitrogens with zero attached hydrogens (tertiary/aromatic N) is 1. The molecule has 1 aromatic heterocycles. The number of nitrogens with one attached hydrogen (secondary N) is 3. The number of hydrogen-bond acceptors (Lipinski definition) is 3. The summed E-state index contributed by atoms with van der Waals surface area (Å²) in [6, 6.07) is 13.6. The van der Waals surface area contributed by atoms with E-state index < -0.39 is 0 Å². The van der Waals surface area contributed by atoms with Crippen LogP contribution in [-0.2, 0) is 4.79 Å². The molecule has 0 saturated heterocycles. The van der Waals surface area contributed by atoms with E-state index in [1.54, 1.807) is 0 Å². The number of anilines is 3. The van der Waals surface area contributed by atoms with Gasteiger partial charge in [0.05, 0.1) is 11.0 Å². The van der Waals surface area contributed by atoms with E-state index in [0.29, 0.717) is 5.95 Å². The molecule has 0 radical (unpaired) electrons. The fourth-order valence-corrected chi connectivity index (χ4v) is 2.16. The molecule has 0 spiro atoms. The van der Waals surface area contributed by atoms with Gasteiger partial charge in [-0.1, -0.05) is 6.07 Å². The lowest BCUT2D eigenvalue weighted by atomic mass is 10.2. The van der Waals surface area contributed by atoms with Crippen LogP contribution in [0, 0.1) is 6.92 Å². The zero-order chi connectivity index (χ0) is 14.8. The molecule has 1 amide bonds. The lowest BCUT2D eigenvalue weighted by Gasteiger charge is -2.05. The van der Waals surface area contributed by atoms with Crippen LogP contribution in [0.3, 0.4) is 0 Å². The highest BCUT2D eigenvalue weighted by atomic mass is 16.1. The summed E-state index contributed by atoms with van der Waals surface area (Å²) in [5, 5.41) is 5.95. The molecule has 0 aliphatic carbocycles. The Labute approximate surface area is 122 Å². The summed E-state index contributed by atoms with van der Waals surface area (Å²) in [6.07, 6.45) is 0. The van der Waals surface area contributed by atoms with Crippen molar-refractivity contribution in [2.45, 2.75) is 13.8 Å². The number of carbonyl (C=O) groups is 1. The molecule has 0 unspecified atom stereocenters. The number of carbonyl (C=O) groups excluding carboxylic acids is 1. The highest BCUT2D eigenvalue weighted by Crippen LogP contribution is 2.20. The van der Waals surface area contributed by atoms with Crippen molar-refractivity contribution < 1.29 is 4.79 Å². The minimum Gasteiger partial charge on any atom is -0.326 e. The predicted octanol–water partition coefficient (Wildman–Crippen LogP) is 3.57. The summed E-state index contributed by atoms with van der Waals surface area (Å²) < 4.78 is 0. The highest BCUT2D eigenvalue weighted by Gasteiger charge is 2.03. The molecule has 0 aliphatic rings. The molecule has 1 heterocycles. The number of aromatic amines is 1. The van der Waals surface area contributed by atoms with E-state index in [1.807, 2.05) is 43.3 Å². The van der Waals surface area contributed by atoms with Crippen LogP contribution in [0.5, 0.6) is 0 Å². The van der Waals surface area contributed by atoms with Gasteiger partial charge in [-0.25, -0.2) is 4.98 Å². The number of amides is 1. The molecule has 3 rings (SSSR count). The van der Waals surface area contributed by atoms with Gasteiger partial charge in [0.15, 0.2) is 0 Å². The second-order valence-electron chi connectivity index (χ2n) is 4.99. The van der Waals surface area contributed by atoms with Crippen molar-refractivity contribution in [2.75, 3.05) is 10.6 Å². The number of benzene rings is 2. The first-order valence-corrected chi connectivity index (χ1v) is 6.71. The third kappa shape index (κ3) is 3.02. The fourth-order valence-electron chi connectivity index (χ4n) is 2.16. The first-order chi connectivity index (χ1) is 10.1. The number of rotatable bonds is 3. The lowest BCUT2D eigenvalue weighted by molar-refractivity contribution is -0.114. The van der Waals surface area contributed by atoms with Crippen molar-refractivity contribution in [3.05, 3.63) is 48.0 Å². The summed E-state index contributed by atoms with van der Waals surface area (Å²) in [5.74, 6) is 0.617. The van der Waals surface area contributed by atoms with Crippen LogP contribution >= 0.6 is 0 Å². The van der Waals surface area contributed by atoms with Crippen molar-refractivity contribution in [1.82, 2.24) is 9.97 Å². The lowest BCUT2D eigenvalue weighted by Crippen LogP contribution is -2.05. The number of hydrogen-bond donors (Lipinski definition) is 3. The van der Waals surface area contributed by atoms with Crippen LogP contribution in [0.15, 0.2) is 42.5 Å². The first-order valence-electron chi connectivity index (χ1n) is 6.71. The third-order valence-electron chi connectivity index (χ3n) is 3.11. The van der Waals surface area contributed by atoms with Gasteiger partial charge in [0.2, 0.25) is 11.9 Å². The van der Waals surface area contributed by atoms with Gasteiger partial charge in [-0.15, -0.1) is 0 Å². The minimum absolute atomic E-state index is 0.0802. The summed E-state index contributed by atoms with van der Waals surface area (Å²) in [7, 11) is 0. The average Bonchev–Trinajstić information content (AvgIpc) is 2.82. The Kier molecular flexibility index (Phi) is 3.31. The molecule has 0 bridgehead atoms. The second kappa shape index (κ2) is 5.28. The van der Waals surface area contributed by atoms with Gasteiger partial charge in [-0.3, -0.25) is 4.79 Å². The van der Waals surface area contributed by atoms with Crippen LogP contribution in [0.4, 0.5) is 17.3 Å². The Morgan fingerprint density at radius 3 is 2.52 bits per heavy atom. The monoisotopic (exact) mass is 280 g/mol. The average molecular weight is 280 g/mol. The predicted molar refractivity (Wildman–Crippen MR) is 84.9 cm³/mol. The van der Waals surface area contributed by atoms with E-state index in [-0.39, 0.29) is 5.91 Å². The van der Waals surface area contributed by atoms with Crippen LogP contribution in [-0.4, -0.2) is 15.9 Å². The Hall–Kier alpha value is -2.82. The number of aryl methyl sites for hydroxylation is 1. The molecule has 0 aliphatic heterocycles. The van der Waals surface area contributed by atoms with Crippen LogP contribution < -0.4 is 10.6 Å². The number of imidazole rings is 1. The molecule has 5 nitrogen and oxygen atoms in total. The molecule has 21 heavy (non-hydrogen) atoms. The minimum atomic E-state index is -0.0802. The molecular weight excluding hydrogens is 264 g/mol. The van der Waals surface area contributed by atoms with Crippen LogP contribution in [0.25, 0.3) is 11.0 Å². The maximum absolute atomic E-state index is 11.0. The van der Waals surface area contributed by atoms with E-state index in [0.717, 1.165) is 22.4 Å². The van der Waals surface area contributed by atoms with E-state index in [9.17, 15) is 4.79 Å².